The molecule has 0 aromatic heterocycles. The number of dihydropyridines is 1. The van der Waals surface area contributed by atoms with Gasteiger partial charge in [0.05, 0.1) is 6.61 Å². The minimum absolute atomic E-state index is 0.133. The fraction of sp³-hybridized carbons (Fsp3) is 0.591. The topological polar surface area (TPSA) is 54.3 Å². The number of aryl methyl sites for hydroxylation is 1. The first-order valence-corrected chi connectivity index (χ1v) is 9.89. The number of aliphatic hydroxyl groups is 1. The maximum atomic E-state index is 10.3. The summed E-state index contributed by atoms with van der Waals surface area (Å²) in [5.74, 6) is 0.928. The summed E-state index contributed by atoms with van der Waals surface area (Å²) in [6.45, 7) is 9.58. The summed E-state index contributed by atoms with van der Waals surface area (Å²) < 4.78 is 10.9. The van der Waals surface area contributed by atoms with Crippen LogP contribution >= 0.6 is 0 Å². The van der Waals surface area contributed by atoms with Gasteiger partial charge in [-0.15, -0.1) is 0 Å². The lowest BCUT2D eigenvalue weighted by atomic mass is 9.92. The smallest absolute Gasteiger partial charge is 0.132 e. The van der Waals surface area contributed by atoms with Crippen molar-refractivity contribution in [2.24, 2.45) is 4.99 Å². The summed E-state index contributed by atoms with van der Waals surface area (Å²) in [5.41, 5.74) is 5.97. The Morgan fingerprint density at radius 2 is 1.89 bits per heavy atom. The highest BCUT2D eigenvalue weighted by molar-refractivity contribution is 5.97. The number of benzene rings is 1. The second-order valence-corrected chi connectivity index (χ2v) is 7.57. The van der Waals surface area contributed by atoms with Crippen molar-refractivity contribution in [3.63, 3.8) is 0 Å². The first kappa shape index (κ1) is 20.1. The Hall–Kier alpha value is -1.69. The standard InChI is InChI=1S/C22H32N2O3/c1-15-13-21(27-12-11-26-4)17(3)16(2)19(15)14-18-7-8-20(25)22(23-18)24-9-5-6-10-24/h7-8,13,20,22,25H,5-6,9-12,14H2,1-4H3. The molecule has 3 rings (SSSR count). The largest absolute Gasteiger partial charge is 0.491 e. The van der Waals surface area contributed by atoms with Gasteiger partial charge in [-0.25, -0.2) is 0 Å². The van der Waals surface area contributed by atoms with E-state index in [0.717, 1.165) is 31.0 Å². The van der Waals surface area contributed by atoms with E-state index < -0.39 is 6.10 Å². The van der Waals surface area contributed by atoms with Crippen LogP contribution in [-0.4, -0.2) is 61.4 Å². The third kappa shape index (κ3) is 4.60. The number of rotatable bonds is 7. The van der Waals surface area contributed by atoms with Crippen LogP contribution in [-0.2, 0) is 11.2 Å². The number of hydrogen-bond acceptors (Lipinski definition) is 5. The lowest BCUT2D eigenvalue weighted by Gasteiger charge is -2.30. The van der Waals surface area contributed by atoms with E-state index in [9.17, 15) is 5.11 Å². The van der Waals surface area contributed by atoms with E-state index >= 15 is 0 Å². The molecule has 5 heteroatoms. The molecule has 0 amide bonds. The molecule has 2 heterocycles. The number of allylic oxidation sites excluding steroid dienone is 1. The predicted octanol–water partition coefficient (Wildman–Crippen LogP) is 2.97. The lowest BCUT2D eigenvalue weighted by Crippen LogP contribution is -2.42. The molecule has 2 aliphatic rings. The summed E-state index contributed by atoms with van der Waals surface area (Å²) in [5, 5.41) is 10.3. The van der Waals surface area contributed by atoms with Gasteiger partial charge in [0, 0.05) is 32.3 Å². The Labute approximate surface area is 162 Å². The van der Waals surface area contributed by atoms with Crippen molar-refractivity contribution >= 4 is 5.71 Å². The van der Waals surface area contributed by atoms with E-state index in [1.165, 1.54) is 35.1 Å². The average molecular weight is 373 g/mol. The van der Waals surface area contributed by atoms with E-state index in [2.05, 4.69) is 31.7 Å². The predicted molar refractivity (Wildman–Crippen MR) is 109 cm³/mol. The van der Waals surface area contributed by atoms with Gasteiger partial charge < -0.3 is 14.6 Å². The van der Waals surface area contributed by atoms with Crippen molar-refractivity contribution in [2.45, 2.75) is 52.3 Å². The number of nitrogens with zero attached hydrogens (tertiary/aromatic N) is 2. The molecule has 2 aliphatic heterocycles. The number of ether oxygens (including phenoxy) is 2. The van der Waals surface area contributed by atoms with Crippen LogP contribution < -0.4 is 4.74 Å². The fourth-order valence-corrected chi connectivity index (χ4v) is 3.94. The third-order valence-electron chi connectivity index (χ3n) is 5.72. The van der Waals surface area contributed by atoms with Crippen LogP contribution in [0.2, 0.25) is 0 Å². The number of aliphatic hydroxyl groups excluding tert-OH is 1. The van der Waals surface area contributed by atoms with E-state index in [-0.39, 0.29) is 6.17 Å². The zero-order valence-electron chi connectivity index (χ0n) is 17.0. The Bertz CT molecular complexity index is 721. The van der Waals surface area contributed by atoms with Crippen LogP contribution in [0.3, 0.4) is 0 Å². The number of likely N-dealkylation sites (tertiary alicyclic amines) is 1. The van der Waals surface area contributed by atoms with E-state index in [4.69, 9.17) is 14.5 Å². The van der Waals surface area contributed by atoms with Crippen LogP contribution in [0, 0.1) is 20.8 Å². The summed E-state index contributed by atoms with van der Waals surface area (Å²) in [7, 11) is 1.68. The van der Waals surface area contributed by atoms with E-state index in [1.54, 1.807) is 7.11 Å². The Kier molecular flexibility index (Phi) is 6.68. The molecule has 148 valence electrons. The van der Waals surface area contributed by atoms with Gasteiger partial charge in [-0.2, -0.15) is 0 Å². The molecule has 0 bridgehead atoms. The first-order valence-electron chi connectivity index (χ1n) is 9.89. The van der Waals surface area contributed by atoms with Crippen molar-refractivity contribution in [3.8, 4) is 5.75 Å². The fourth-order valence-electron chi connectivity index (χ4n) is 3.94. The number of methoxy groups -OCH3 is 1. The maximum Gasteiger partial charge on any atom is 0.132 e. The molecule has 27 heavy (non-hydrogen) atoms. The summed E-state index contributed by atoms with van der Waals surface area (Å²) in [6.07, 6.45) is 6.40. The third-order valence-corrected chi connectivity index (χ3v) is 5.72. The molecule has 1 aromatic carbocycles. The summed E-state index contributed by atoms with van der Waals surface area (Å²) >= 11 is 0. The number of hydrogen-bond donors (Lipinski definition) is 1. The molecule has 2 atom stereocenters. The van der Waals surface area contributed by atoms with Gasteiger partial charge in [0.25, 0.3) is 0 Å². The Morgan fingerprint density at radius 3 is 2.59 bits per heavy atom. The zero-order chi connectivity index (χ0) is 19.4. The molecular formula is C22H32N2O3. The van der Waals surface area contributed by atoms with E-state index in [1.807, 2.05) is 12.2 Å². The van der Waals surface area contributed by atoms with Gasteiger partial charge in [-0.3, -0.25) is 9.89 Å². The quantitative estimate of drug-likeness (QED) is 0.748. The highest BCUT2D eigenvalue weighted by atomic mass is 16.5. The molecule has 0 radical (unpaired) electrons. The molecule has 0 saturated carbocycles. The minimum atomic E-state index is -0.507. The van der Waals surface area contributed by atoms with Crippen LogP contribution in [0.5, 0.6) is 5.75 Å². The zero-order valence-corrected chi connectivity index (χ0v) is 17.0. The van der Waals surface area contributed by atoms with Gasteiger partial charge in [-0.1, -0.05) is 6.08 Å². The van der Waals surface area contributed by atoms with Crippen LogP contribution in [0.25, 0.3) is 0 Å². The van der Waals surface area contributed by atoms with Gasteiger partial charge in [0.2, 0.25) is 0 Å². The van der Waals surface area contributed by atoms with Gasteiger partial charge in [0.15, 0.2) is 0 Å². The monoisotopic (exact) mass is 372 g/mol. The van der Waals surface area contributed by atoms with E-state index in [0.29, 0.717) is 13.2 Å². The second kappa shape index (κ2) is 9.00. The van der Waals surface area contributed by atoms with Gasteiger partial charge in [-0.05, 0) is 68.0 Å². The van der Waals surface area contributed by atoms with Crippen molar-refractivity contribution in [3.05, 3.63) is 40.5 Å². The molecule has 1 N–H and O–H groups in total. The molecule has 0 spiro atoms. The van der Waals surface area contributed by atoms with Crippen molar-refractivity contribution in [1.82, 2.24) is 4.90 Å². The summed E-state index contributed by atoms with van der Waals surface area (Å²) in [4.78, 5) is 7.19. The molecule has 5 nitrogen and oxygen atoms in total. The van der Waals surface area contributed by atoms with Crippen LogP contribution in [0.15, 0.2) is 23.2 Å². The molecule has 1 fully saturated rings. The SMILES string of the molecule is COCCOc1cc(C)c(CC2=NC(N3CCCC3)C(O)C=C2)c(C)c1C. The number of aliphatic imine (C=N–C) groups is 1. The highest BCUT2D eigenvalue weighted by Crippen LogP contribution is 2.29. The summed E-state index contributed by atoms with van der Waals surface area (Å²) in [6, 6.07) is 2.12. The van der Waals surface area contributed by atoms with Gasteiger partial charge in [0.1, 0.15) is 24.6 Å². The first-order chi connectivity index (χ1) is 13.0. The van der Waals surface area contributed by atoms with Crippen molar-refractivity contribution in [2.75, 3.05) is 33.4 Å². The average Bonchev–Trinajstić information content (AvgIpc) is 3.19. The molecular weight excluding hydrogens is 340 g/mol. The van der Waals surface area contributed by atoms with Gasteiger partial charge >= 0.3 is 0 Å². The minimum Gasteiger partial charge on any atom is -0.491 e. The molecule has 2 unspecified atom stereocenters. The molecule has 1 saturated heterocycles. The van der Waals surface area contributed by atoms with Crippen LogP contribution in [0.4, 0.5) is 0 Å². The van der Waals surface area contributed by atoms with Crippen LogP contribution in [0.1, 0.15) is 35.1 Å². The highest BCUT2D eigenvalue weighted by Gasteiger charge is 2.28. The molecule has 0 aliphatic carbocycles. The Morgan fingerprint density at radius 1 is 1.15 bits per heavy atom. The van der Waals surface area contributed by atoms with Crippen molar-refractivity contribution in [1.29, 1.82) is 0 Å². The lowest BCUT2D eigenvalue weighted by molar-refractivity contribution is 0.0984. The molecule has 1 aromatic rings. The maximum absolute atomic E-state index is 10.3. The Balaban J connectivity index is 1.79. The van der Waals surface area contributed by atoms with Crippen molar-refractivity contribution < 1.29 is 14.6 Å². The second-order valence-electron chi connectivity index (χ2n) is 7.57. The normalized spacial score (nSPS) is 22.9.